The normalized spacial score (nSPS) is 26.1. The van der Waals surface area contributed by atoms with Gasteiger partial charge < -0.3 is 0 Å². The molecule has 0 spiro atoms. The fraction of sp³-hybridized carbons (Fsp3) is 0.700. The van der Waals surface area contributed by atoms with Crippen molar-refractivity contribution in [1.82, 2.24) is 14.5 Å². The minimum Gasteiger partial charge on any atom is -0.256 e. The maximum absolute atomic E-state index is 12.0. The molecule has 2 atom stereocenters. The van der Waals surface area contributed by atoms with E-state index in [1.165, 1.54) is 16.9 Å². The summed E-state index contributed by atoms with van der Waals surface area (Å²) in [5.74, 6) is 0.610. The summed E-state index contributed by atoms with van der Waals surface area (Å²) >= 11 is 0. The van der Waals surface area contributed by atoms with E-state index in [2.05, 4.69) is 16.7 Å². The molecular formula is C10H17N3O2S. The van der Waals surface area contributed by atoms with Gasteiger partial charge in [-0.1, -0.05) is 6.92 Å². The van der Waals surface area contributed by atoms with Gasteiger partial charge in [0.05, 0.1) is 6.20 Å². The van der Waals surface area contributed by atoms with Crippen molar-refractivity contribution in [3.8, 4) is 0 Å². The number of nitrogens with zero attached hydrogens (tertiary/aromatic N) is 2. The first-order valence-corrected chi connectivity index (χ1v) is 6.97. The van der Waals surface area contributed by atoms with Crippen molar-refractivity contribution in [3.05, 3.63) is 12.3 Å². The average molecular weight is 243 g/mol. The minimum atomic E-state index is -3.40. The highest BCUT2D eigenvalue weighted by Gasteiger charge is 2.27. The lowest BCUT2D eigenvalue weighted by Crippen LogP contribution is -2.34. The molecule has 1 saturated carbocycles. The van der Waals surface area contributed by atoms with Crippen LogP contribution in [0.15, 0.2) is 17.3 Å². The summed E-state index contributed by atoms with van der Waals surface area (Å²) in [5.41, 5.74) is 0. The summed E-state index contributed by atoms with van der Waals surface area (Å²) in [5, 5.41) is 4.10. The van der Waals surface area contributed by atoms with Crippen LogP contribution >= 0.6 is 0 Å². The molecule has 1 aromatic heterocycles. The molecule has 1 aliphatic carbocycles. The van der Waals surface area contributed by atoms with Crippen molar-refractivity contribution < 1.29 is 8.42 Å². The molecule has 16 heavy (non-hydrogen) atoms. The fourth-order valence-corrected chi connectivity index (χ4v) is 3.63. The molecule has 1 N–H and O–H groups in total. The molecule has 0 saturated heterocycles. The van der Waals surface area contributed by atoms with Crippen LogP contribution in [0.2, 0.25) is 0 Å². The zero-order valence-electron chi connectivity index (χ0n) is 9.55. The van der Waals surface area contributed by atoms with Crippen LogP contribution in [-0.2, 0) is 17.1 Å². The summed E-state index contributed by atoms with van der Waals surface area (Å²) in [6.07, 6.45) is 4.44. The Morgan fingerprint density at radius 3 is 2.75 bits per heavy atom. The van der Waals surface area contributed by atoms with Crippen LogP contribution in [0.5, 0.6) is 0 Å². The van der Waals surface area contributed by atoms with E-state index in [1.54, 1.807) is 7.05 Å². The second-order valence-corrected chi connectivity index (χ2v) is 6.19. The molecule has 1 heterocycles. The Morgan fingerprint density at radius 1 is 1.50 bits per heavy atom. The number of aryl methyl sites for hydroxylation is 1. The highest BCUT2D eigenvalue weighted by Crippen LogP contribution is 2.25. The zero-order chi connectivity index (χ0) is 11.8. The third-order valence-corrected chi connectivity index (χ3v) is 4.66. The Kier molecular flexibility index (Phi) is 3.03. The van der Waals surface area contributed by atoms with Crippen molar-refractivity contribution in [2.75, 3.05) is 0 Å². The van der Waals surface area contributed by atoms with Crippen molar-refractivity contribution in [2.24, 2.45) is 13.0 Å². The number of hydrogen-bond donors (Lipinski definition) is 1. The van der Waals surface area contributed by atoms with Gasteiger partial charge in [-0.25, -0.2) is 13.1 Å². The first-order valence-electron chi connectivity index (χ1n) is 5.49. The van der Waals surface area contributed by atoms with Crippen LogP contribution in [-0.4, -0.2) is 24.2 Å². The molecule has 1 fully saturated rings. The first-order chi connectivity index (χ1) is 7.49. The fourth-order valence-electron chi connectivity index (χ4n) is 2.22. The second-order valence-electron chi connectivity index (χ2n) is 4.53. The predicted octanol–water partition coefficient (Wildman–Crippen LogP) is 0.887. The lowest BCUT2D eigenvalue weighted by atomic mass is 10.1. The van der Waals surface area contributed by atoms with Gasteiger partial charge in [0.2, 0.25) is 0 Å². The Labute approximate surface area is 95.9 Å². The van der Waals surface area contributed by atoms with E-state index in [0.717, 1.165) is 19.3 Å². The summed E-state index contributed by atoms with van der Waals surface area (Å²) in [6, 6.07) is 1.59. The summed E-state index contributed by atoms with van der Waals surface area (Å²) in [6.45, 7) is 2.15. The van der Waals surface area contributed by atoms with E-state index in [-0.39, 0.29) is 11.1 Å². The lowest BCUT2D eigenvalue weighted by Gasteiger charge is -2.12. The van der Waals surface area contributed by atoms with E-state index in [9.17, 15) is 8.42 Å². The number of nitrogens with one attached hydrogen (secondary N) is 1. The lowest BCUT2D eigenvalue weighted by molar-refractivity contribution is 0.528. The topological polar surface area (TPSA) is 64.0 Å². The molecule has 1 aromatic rings. The van der Waals surface area contributed by atoms with Crippen LogP contribution in [0.1, 0.15) is 26.2 Å². The molecule has 1 aliphatic rings. The number of rotatable bonds is 3. The second kappa shape index (κ2) is 4.18. The standard InChI is InChI=1S/C10H17N3O2S/c1-8-3-4-9(7-8)12-16(14,15)10-5-6-11-13(10)2/h5-6,8-9,12H,3-4,7H2,1-2H3. The number of sulfonamides is 1. The van der Waals surface area contributed by atoms with Gasteiger partial charge >= 0.3 is 0 Å². The SMILES string of the molecule is CC1CCC(NS(=O)(=O)c2ccnn2C)C1. The summed E-state index contributed by atoms with van der Waals surface area (Å²) in [7, 11) is -1.77. The largest absolute Gasteiger partial charge is 0.257 e. The van der Waals surface area contributed by atoms with Crippen LogP contribution < -0.4 is 4.72 Å². The van der Waals surface area contributed by atoms with Gasteiger partial charge in [-0.2, -0.15) is 5.10 Å². The number of hydrogen-bond acceptors (Lipinski definition) is 3. The molecule has 2 rings (SSSR count). The smallest absolute Gasteiger partial charge is 0.256 e. The van der Waals surface area contributed by atoms with E-state index in [0.29, 0.717) is 5.92 Å². The van der Waals surface area contributed by atoms with Crippen LogP contribution in [0.3, 0.4) is 0 Å². The molecule has 0 aromatic carbocycles. The molecule has 0 bridgehead atoms. The maximum Gasteiger partial charge on any atom is 0.257 e. The molecule has 6 heteroatoms. The quantitative estimate of drug-likeness (QED) is 0.857. The van der Waals surface area contributed by atoms with Gasteiger partial charge in [-0.15, -0.1) is 0 Å². The molecule has 0 aliphatic heterocycles. The van der Waals surface area contributed by atoms with Crippen molar-refractivity contribution in [3.63, 3.8) is 0 Å². The highest BCUT2D eigenvalue weighted by molar-refractivity contribution is 7.89. The predicted molar refractivity (Wildman–Crippen MR) is 60.3 cm³/mol. The van der Waals surface area contributed by atoms with Crippen LogP contribution in [0, 0.1) is 5.92 Å². The monoisotopic (exact) mass is 243 g/mol. The molecule has 2 unspecified atom stereocenters. The van der Waals surface area contributed by atoms with Gasteiger partial charge in [-0.3, -0.25) is 4.68 Å². The van der Waals surface area contributed by atoms with Gasteiger partial charge in [0.15, 0.2) is 5.03 Å². The van der Waals surface area contributed by atoms with Crippen molar-refractivity contribution in [1.29, 1.82) is 0 Å². The third kappa shape index (κ3) is 2.27. The molecule has 0 amide bonds. The minimum absolute atomic E-state index is 0.0786. The van der Waals surface area contributed by atoms with Crippen molar-refractivity contribution >= 4 is 10.0 Å². The molecular weight excluding hydrogens is 226 g/mol. The van der Waals surface area contributed by atoms with Crippen molar-refractivity contribution in [2.45, 2.75) is 37.3 Å². The van der Waals surface area contributed by atoms with Gasteiger partial charge in [0, 0.05) is 13.1 Å². The average Bonchev–Trinajstić information content (AvgIpc) is 2.74. The molecule has 90 valence electrons. The van der Waals surface area contributed by atoms with E-state index < -0.39 is 10.0 Å². The number of aromatic nitrogens is 2. The van der Waals surface area contributed by atoms with Gasteiger partial charge in [0.1, 0.15) is 0 Å². The van der Waals surface area contributed by atoms with Gasteiger partial charge in [-0.05, 0) is 31.2 Å². The molecule has 5 nitrogen and oxygen atoms in total. The Morgan fingerprint density at radius 2 is 2.25 bits per heavy atom. The Hall–Kier alpha value is -0.880. The van der Waals surface area contributed by atoms with E-state index in [1.807, 2.05) is 0 Å². The zero-order valence-corrected chi connectivity index (χ0v) is 10.4. The summed E-state index contributed by atoms with van der Waals surface area (Å²) < 4.78 is 28.1. The van der Waals surface area contributed by atoms with Gasteiger partial charge in [0.25, 0.3) is 10.0 Å². The molecule has 0 radical (unpaired) electrons. The van der Waals surface area contributed by atoms with Crippen LogP contribution in [0.25, 0.3) is 0 Å². The van der Waals surface area contributed by atoms with Crippen LogP contribution in [0.4, 0.5) is 0 Å². The van der Waals surface area contributed by atoms with E-state index in [4.69, 9.17) is 0 Å². The first kappa shape index (κ1) is 11.6. The Bertz CT molecular complexity index is 466. The van der Waals surface area contributed by atoms with E-state index >= 15 is 0 Å². The Balaban J connectivity index is 2.12. The third-order valence-electron chi connectivity index (χ3n) is 3.07. The highest BCUT2D eigenvalue weighted by atomic mass is 32.2. The maximum atomic E-state index is 12.0. The summed E-state index contributed by atoms with van der Waals surface area (Å²) in [4.78, 5) is 0.